The van der Waals surface area contributed by atoms with E-state index in [1.165, 1.54) is 17.7 Å². The van der Waals surface area contributed by atoms with E-state index in [1.54, 1.807) is 24.3 Å². The molecule has 1 amide bonds. The molecule has 1 aromatic carbocycles. The lowest BCUT2D eigenvalue weighted by molar-refractivity contribution is 0.102. The van der Waals surface area contributed by atoms with Gasteiger partial charge in [-0.25, -0.2) is 4.98 Å². The molecule has 0 aliphatic heterocycles. The van der Waals surface area contributed by atoms with Crippen molar-refractivity contribution in [1.29, 1.82) is 0 Å². The summed E-state index contributed by atoms with van der Waals surface area (Å²) in [5, 5.41) is 5.35. The van der Waals surface area contributed by atoms with E-state index < -0.39 is 0 Å². The molecule has 0 bridgehead atoms. The molecule has 8 nitrogen and oxygen atoms in total. The van der Waals surface area contributed by atoms with Crippen LogP contribution in [0.1, 0.15) is 29.4 Å². The second-order valence-electron chi connectivity index (χ2n) is 5.23. The molecule has 0 saturated heterocycles. The Bertz CT molecular complexity index is 944. The molecule has 24 heavy (non-hydrogen) atoms. The van der Waals surface area contributed by atoms with E-state index in [4.69, 9.17) is 4.74 Å². The summed E-state index contributed by atoms with van der Waals surface area (Å²) in [6.07, 6.45) is 1.58. The SMILES string of the molecule is CCCc1cc(=O)n2[nH]c(NC(=O)c3cccc(OC)c3)nc2n1. The highest BCUT2D eigenvalue weighted by Gasteiger charge is 2.12. The number of nitrogens with one attached hydrogen (secondary N) is 2. The third kappa shape index (κ3) is 3.12. The van der Waals surface area contributed by atoms with Gasteiger partial charge >= 0.3 is 0 Å². The van der Waals surface area contributed by atoms with Crippen molar-refractivity contribution in [1.82, 2.24) is 19.6 Å². The number of hydrogen-bond donors (Lipinski definition) is 2. The minimum absolute atomic E-state index is 0.154. The summed E-state index contributed by atoms with van der Waals surface area (Å²) in [5.41, 5.74) is 0.833. The van der Waals surface area contributed by atoms with E-state index in [1.807, 2.05) is 6.92 Å². The van der Waals surface area contributed by atoms with Gasteiger partial charge in [0, 0.05) is 11.6 Å². The molecule has 0 saturated carbocycles. The van der Waals surface area contributed by atoms with Gasteiger partial charge in [-0.05, 0) is 24.6 Å². The summed E-state index contributed by atoms with van der Waals surface area (Å²) in [5.74, 6) is 0.595. The molecule has 2 aromatic heterocycles. The lowest BCUT2D eigenvalue weighted by Gasteiger charge is -2.03. The lowest BCUT2D eigenvalue weighted by atomic mass is 10.2. The van der Waals surface area contributed by atoms with Crippen molar-refractivity contribution in [3.05, 3.63) is 51.9 Å². The Hall–Kier alpha value is -3.16. The number of carbonyl (C=O) groups excluding carboxylic acids is 1. The van der Waals surface area contributed by atoms with Gasteiger partial charge in [0.05, 0.1) is 12.8 Å². The summed E-state index contributed by atoms with van der Waals surface area (Å²) in [7, 11) is 1.53. The van der Waals surface area contributed by atoms with Gasteiger partial charge in [-0.2, -0.15) is 9.50 Å². The molecule has 0 atom stereocenters. The van der Waals surface area contributed by atoms with E-state index >= 15 is 0 Å². The molecule has 3 aromatic rings. The summed E-state index contributed by atoms with van der Waals surface area (Å²) in [6.45, 7) is 2.01. The molecule has 3 rings (SSSR count). The van der Waals surface area contributed by atoms with Crippen molar-refractivity contribution in [3.8, 4) is 5.75 Å². The van der Waals surface area contributed by atoms with Crippen LogP contribution in [0.15, 0.2) is 35.1 Å². The minimum atomic E-state index is -0.366. The van der Waals surface area contributed by atoms with Crippen molar-refractivity contribution >= 4 is 17.6 Å². The number of aromatic nitrogens is 4. The predicted molar refractivity (Wildman–Crippen MR) is 88.5 cm³/mol. The minimum Gasteiger partial charge on any atom is -0.497 e. The number of nitrogens with zero attached hydrogens (tertiary/aromatic N) is 3. The number of aryl methyl sites for hydroxylation is 1. The highest BCUT2D eigenvalue weighted by molar-refractivity contribution is 6.03. The Kier molecular flexibility index (Phi) is 4.28. The van der Waals surface area contributed by atoms with Crippen LogP contribution in [0.2, 0.25) is 0 Å². The van der Waals surface area contributed by atoms with Crippen LogP contribution in [0.5, 0.6) is 5.75 Å². The number of anilines is 1. The Morgan fingerprint density at radius 1 is 1.33 bits per heavy atom. The third-order valence-electron chi connectivity index (χ3n) is 3.45. The summed E-state index contributed by atoms with van der Waals surface area (Å²) >= 11 is 0. The van der Waals surface area contributed by atoms with Gasteiger partial charge < -0.3 is 4.74 Å². The second-order valence-corrected chi connectivity index (χ2v) is 5.23. The quantitative estimate of drug-likeness (QED) is 0.741. The van der Waals surface area contributed by atoms with E-state index in [2.05, 4.69) is 20.4 Å². The largest absolute Gasteiger partial charge is 0.497 e. The fourth-order valence-corrected chi connectivity index (χ4v) is 2.31. The topological polar surface area (TPSA) is 101 Å². The first-order valence-electron chi connectivity index (χ1n) is 7.55. The second kappa shape index (κ2) is 6.53. The van der Waals surface area contributed by atoms with Crippen LogP contribution in [-0.4, -0.2) is 32.6 Å². The number of amides is 1. The van der Waals surface area contributed by atoms with Gasteiger partial charge in [0.1, 0.15) is 5.75 Å². The zero-order valence-corrected chi connectivity index (χ0v) is 13.4. The fourth-order valence-electron chi connectivity index (χ4n) is 2.31. The van der Waals surface area contributed by atoms with Gasteiger partial charge in [-0.1, -0.05) is 19.4 Å². The van der Waals surface area contributed by atoms with Crippen LogP contribution in [0.3, 0.4) is 0 Å². The Morgan fingerprint density at radius 2 is 2.17 bits per heavy atom. The molecule has 0 fully saturated rings. The van der Waals surface area contributed by atoms with Crippen LogP contribution in [0.4, 0.5) is 5.95 Å². The average molecular weight is 327 g/mol. The lowest BCUT2D eigenvalue weighted by Crippen LogP contribution is -2.16. The number of hydrogen-bond acceptors (Lipinski definition) is 5. The standard InChI is InChI=1S/C16H17N5O3/c1-3-5-11-9-13(22)21-16(17-11)19-15(20-21)18-14(23)10-6-4-7-12(8-10)24-2/h4,6-9H,3,5H2,1-2H3,(H2,17,18,19,20,23). The van der Waals surface area contributed by atoms with E-state index in [0.29, 0.717) is 23.4 Å². The monoisotopic (exact) mass is 327 g/mol. The molecular formula is C16H17N5O3. The molecule has 0 unspecified atom stereocenters. The van der Waals surface area contributed by atoms with E-state index in [9.17, 15) is 9.59 Å². The molecule has 124 valence electrons. The number of aromatic amines is 1. The Morgan fingerprint density at radius 3 is 2.92 bits per heavy atom. The van der Waals surface area contributed by atoms with Gasteiger partial charge in [0.2, 0.25) is 5.95 Å². The van der Waals surface area contributed by atoms with Gasteiger partial charge in [0.15, 0.2) is 0 Å². The van der Waals surface area contributed by atoms with E-state index in [-0.39, 0.29) is 23.2 Å². The zero-order valence-electron chi connectivity index (χ0n) is 13.4. The van der Waals surface area contributed by atoms with Crippen LogP contribution in [0, 0.1) is 0 Å². The highest BCUT2D eigenvalue weighted by atomic mass is 16.5. The van der Waals surface area contributed by atoms with Gasteiger partial charge in [0.25, 0.3) is 17.2 Å². The maximum absolute atomic E-state index is 12.3. The molecule has 2 heterocycles. The van der Waals surface area contributed by atoms with Crippen LogP contribution >= 0.6 is 0 Å². The summed E-state index contributed by atoms with van der Waals surface area (Å²) in [6, 6.07) is 8.19. The maximum Gasteiger partial charge on any atom is 0.274 e. The van der Waals surface area contributed by atoms with Crippen molar-refractivity contribution in [2.75, 3.05) is 12.4 Å². The van der Waals surface area contributed by atoms with E-state index in [0.717, 1.165) is 6.42 Å². The molecule has 8 heteroatoms. The fraction of sp³-hybridized carbons (Fsp3) is 0.250. The van der Waals surface area contributed by atoms with Crippen molar-refractivity contribution in [3.63, 3.8) is 0 Å². The molecule has 0 spiro atoms. The highest BCUT2D eigenvalue weighted by Crippen LogP contribution is 2.13. The maximum atomic E-state index is 12.3. The number of methoxy groups -OCH3 is 1. The number of rotatable bonds is 5. The number of H-pyrrole nitrogens is 1. The normalized spacial score (nSPS) is 10.8. The van der Waals surface area contributed by atoms with Crippen LogP contribution < -0.4 is 15.6 Å². The Balaban J connectivity index is 1.88. The molecule has 0 radical (unpaired) electrons. The number of ether oxygens (including phenoxy) is 1. The van der Waals surface area contributed by atoms with Gasteiger partial charge in [-0.3, -0.25) is 20.0 Å². The van der Waals surface area contributed by atoms with Crippen LogP contribution in [-0.2, 0) is 6.42 Å². The first-order chi connectivity index (χ1) is 11.6. The zero-order chi connectivity index (χ0) is 17.1. The van der Waals surface area contributed by atoms with Crippen molar-refractivity contribution in [2.24, 2.45) is 0 Å². The summed E-state index contributed by atoms with van der Waals surface area (Å²) < 4.78 is 6.29. The molecule has 2 N–H and O–H groups in total. The number of benzene rings is 1. The smallest absolute Gasteiger partial charge is 0.274 e. The van der Waals surface area contributed by atoms with Crippen LogP contribution in [0.25, 0.3) is 5.78 Å². The van der Waals surface area contributed by atoms with Crippen molar-refractivity contribution < 1.29 is 9.53 Å². The number of carbonyl (C=O) groups is 1. The first-order valence-corrected chi connectivity index (χ1v) is 7.55. The predicted octanol–water partition coefficient (Wildman–Crippen LogP) is 1.63. The first kappa shape index (κ1) is 15.7. The Labute approximate surface area is 137 Å². The number of fused-ring (bicyclic) bond motifs is 1. The molecule has 0 aliphatic carbocycles. The molecular weight excluding hydrogens is 310 g/mol. The average Bonchev–Trinajstić information content (AvgIpc) is 2.98. The van der Waals surface area contributed by atoms with Crippen molar-refractivity contribution in [2.45, 2.75) is 19.8 Å². The van der Waals surface area contributed by atoms with Gasteiger partial charge in [-0.15, -0.1) is 0 Å². The molecule has 0 aliphatic rings. The third-order valence-corrected chi connectivity index (χ3v) is 3.45. The summed E-state index contributed by atoms with van der Waals surface area (Å²) in [4.78, 5) is 32.8.